The summed E-state index contributed by atoms with van der Waals surface area (Å²) in [6.45, 7) is 2.39. The second-order valence-electron chi connectivity index (χ2n) is 4.27. The van der Waals surface area contributed by atoms with Crippen LogP contribution < -0.4 is 4.74 Å². The summed E-state index contributed by atoms with van der Waals surface area (Å²) in [5.74, 6) is 1.17. The molecular weight excluding hydrogens is 200 g/mol. The van der Waals surface area contributed by atoms with E-state index in [-0.39, 0.29) is 5.78 Å². The Bertz CT molecular complexity index is 382. The molecule has 0 saturated carbocycles. The molecule has 1 aliphatic carbocycles. The van der Waals surface area contributed by atoms with Crippen molar-refractivity contribution in [2.75, 3.05) is 6.61 Å². The van der Waals surface area contributed by atoms with E-state index in [0.29, 0.717) is 19.4 Å². The van der Waals surface area contributed by atoms with Crippen LogP contribution in [0.2, 0.25) is 0 Å². The van der Waals surface area contributed by atoms with Crippen LogP contribution in [-0.2, 0) is 17.6 Å². The van der Waals surface area contributed by atoms with Crippen molar-refractivity contribution in [3.63, 3.8) is 0 Å². The third-order valence-corrected chi connectivity index (χ3v) is 3.11. The van der Waals surface area contributed by atoms with E-state index >= 15 is 0 Å². The highest BCUT2D eigenvalue weighted by Crippen LogP contribution is 2.25. The van der Waals surface area contributed by atoms with Gasteiger partial charge in [0.05, 0.1) is 6.61 Å². The molecule has 0 saturated heterocycles. The lowest BCUT2D eigenvalue weighted by Crippen LogP contribution is -2.05. The lowest BCUT2D eigenvalue weighted by Gasteiger charge is -2.07. The van der Waals surface area contributed by atoms with Crippen LogP contribution in [0.3, 0.4) is 0 Å². The minimum atomic E-state index is 0.265. The molecule has 0 bridgehead atoms. The number of aryl methyl sites for hydroxylation is 2. The first-order chi connectivity index (χ1) is 7.79. The Morgan fingerprint density at radius 1 is 1.31 bits per heavy atom. The van der Waals surface area contributed by atoms with Gasteiger partial charge in [-0.25, -0.2) is 0 Å². The summed E-state index contributed by atoms with van der Waals surface area (Å²) in [5, 5.41) is 0. The van der Waals surface area contributed by atoms with E-state index in [0.717, 1.165) is 5.75 Å². The minimum Gasteiger partial charge on any atom is -0.493 e. The zero-order valence-electron chi connectivity index (χ0n) is 9.79. The minimum absolute atomic E-state index is 0.265. The Labute approximate surface area is 96.6 Å². The Kier molecular flexibility index (Phi) is 3.60. The van der Waals surface area contributed by atoms with Gasteiger partial charge < -0.3 is 4.74 Å². The molecule has 0 fully saturated rings. The molecule has 0 aromatic heterocycles. The third kappa shape index (κ3) is 2.63. The van der Waals surface area contributed by atoms with Gasteiger partial charge in [0.25, 0.3) is 0 Å². The van der Waals surface area contributed by atoms with Crippen LogP contribution in [-0.4, -0.2) is 12.4 Å². The number of ketones is 1. The first-order valence-electron chi connectivity index (χ1n) is 6.06. The average Bonchev–Trinajstić information content (AvgIpc) is 2.76. The molecular formula is C14H18O2. The Balaban J connectivity index is 1.88. The summed E-state index contributed by atoms with van der Waals surface area (Å²) < 4.78 is 5.58. The predicted molar refractivity (Wildman–Crippen MR) is 63.9 cm³/mol. The zero-order chi connectivity index (χ0) is 11.4. The monoisotopic (exact) mass is 218 g/mol. The number of ether oxygens (including phenoxy) is 1. The fourth-order valence-corrected chi connectivity index (χ4v) is 2.10. The van der Waals surface area contributed by atoms with Crippen LogP contribution in [0.1, 0.15) is 37.3 Å². The van der Waals surface area contributed by atoms with Crippen LogP contribution in [0.25, 0.3) is 0 Å². The number of carbonyl (C=O) groups is 1. The summed E-state index contributed by atoms with van der Waals surface area (Å²) >= 11 is 0. The third-order valence-electron chi connectivity index (χ3n) is 3.11. The molecule has 0 atom stereocenters. The molecule has 0 aliphatic heterocycles. The fraction of sp³-hybridized carbons (Fsp3) is 0.500. The number of fused-ring (bicyclic) bond motifs is 1. The van der Waals surface area contributed by atoms with Gasteiger partial charge in [-0.05, 0) is 42.5 Å². The van der Waals surface area contributed by atoms with Gasteiger partial charge in [-0.2, -0.15) is 0 Å². The van der Waals surface area contributed by atoms with E-state index in [9.17, 15) is 4.79 Å². The molecule has 16 heavy (non-hydrogen) atoms. The van der Waals surface area contributed by atoms with Crippen LogP contribution in [0, 0.1) is 0 Å². The van der Waals surface area contributed by atoms with Crippen molar-refractivity contribution >= 4 is 5.78 Å². The number of benzene rings is 1. The molecule has 2 rings (SSSR count). The highest BCUT2D eigenvalue weighted by Gasteiger charge is 2.11. The number of Topliss-reactive ketones (excluding diaryl/α,β-unsaturated/α-hetero) is 1. The molecule has 0 spiro atoms. The Hall–Kier alpha value is -1.31. The highest BCUT2D eigenvalue weighted by molar-refractivity contribution is 5.78. The van der Waals surface area contributed by atoms with Gasteiger partial charge in [0.2, 0.25) is 0 Å². The average molecular weight is 218 g/mol. The molecule has 2 nitrogen and oxygen atoms in total. The smallest absolute Gasteiger partial charge is 0.136 e. The van der Waals surface area contributed by atoms with Crippen molar-refractivity contribution in [1.29, 1.82) is 0 Å². The topological polar surface area (TPSA) is 26.3 Å². The first-order valence-corrected chi connectivity index (χ1v) is 6.06. The van der Waals surface area contributed by atoms with Crippen LogP contribution >= 0.6 is 0 Å². The molecule has 0 N–H and O–H groups in total. The van der Waals surface area contributed by atoms with Gasteiger partial charge in [0.15, 0.2) is 0 Å². The normalized spacial score (nSPS) is 13.6. The van der Waals surface area contributed by atoms with E-state index < -0.39 is 0 Å². The predicted octanol–water partition coefficient (Wildman–Crippen LogP) is 2.92. The van der Waals surface area contributed by atoms with Crippen molar-refractivity contribution in [3.8, 4) is 5.75 Å². The summed E-state index contributed by atoms with van der Waals surface area (Å²) in [7, 11) is 0. The molecule has 0 amide bonds. The summed E-state index contributed by atoms with van der Waals surface area (Å²) in [6, 6.07) is 6.29. The van der Waals surface area contributed by atoms with Gasteiger partial charge in [0, 0.05) is 12.8 Å². The van der Waals surface area contributed by atoms with Crippen molar-refractivity contribution in [2.45, 2.75) is 39.0 Å². The van der Waals surface area contributed by atoms with Crippen molar-refractivity contribution in [3.05, 3.63) is 29.3 Å². The van der Waals surface area contributed by atoms with Gasteiger partial charge in [-0.1, -0.05) is 13.0 Å². The maximum atomic E-state index is 11.1. The zero-order valence-corrected chi connectivity index (χ0v) is 9.79. The molecule has 0 unspecified atom stereocenters. The second kappa shape index (κ2) is 5.15. The van der Waals surface area contributed by atoms with E-state index in [2.05, 4.69) is 12.1 Å². The fourth-order valence-electron chi connectivity index (χ4n) is 2.10. The van der Waals surface area contributed by atoms with Crippen LogP contribution in [0.15, 0.2) is 18.2 Å². The highest BCUT2D eigenvalue weighted by atomic mass is 16.5. The lowest BCUT2D eigenvalue weighted by atomic mass is 10.1. The Morgan fingerprint density at radius 3 is 2.94 bits per heavy atom. The summed E-state index contributed by atoms with van der Waals surface area (Å²) in [6.07, 6.45) is 4.75. The number of hydrogen-bond acceptors (Lipinski definition) is 2. The van der Waals surface area contributed by atoms with E-state index in [1.807, 2.05) is 13.0 Å². The van der Waals surface area contributed by atoms with E-state index in [1.165, 1.54) is 30.4 Å². The van der Waals surface area contributed by atoms with Crippen LogP contribution in [0.4, 0.5) is 0 Å². The standard InChI is InChI=1S/C14H18O2/c1-2-13(15)8-9-16-14-7-6-11-4-3-5-12(11)10-14/h6-7,10H,2-5,8-9H2,1H3. The van der Waals surface area contributed by atoms with Gasteiger partial charge in [0.1, 0.15) is 11.5 Å². The first kappa shape index (κ1) is 11.2. The molecule has 0 heterocycles. The number of carbonyl (C=O) groups excluding carboxylic acids is 1. The largest absolute Gasteiger partial charge is 0.493 e. The summed E-state index contributed by atoms with van der Waals surface area (Å²) in [5.41, 5.74) is 2.87. The van der Waals surface area contributed by atoms with Gasteiger partial charge in [-0.15, -0.1) is 0 Å². The van der Waals surface area contributed by atoms with Gasteiger partial charge in [-0.3, -0.25) is 4.79 Å². The molecule has 1 aromatic rings. The summed E-state index contributed by atoms with van der Waals surface area (Å²) in [4.78, 5) is 11.1. The van der Waals surface area contributed by atoms with Crippen molar-refractivity contribution in [2.24, 2.45) is 0 Å². The Morgan fingerprint density at radius 2 is 2.12 bits per heavy atom. The van der Waals surface area contributed by atoms with E-state index in [1.54, 1.807) is 0 Å². The maximum absolute atomic E-state index is 11.1. The van der Waals surface area contributed by atoms with Crippen molar-refractivity contribution in [1.82, 2.24) is 0 Å². The van der Waals surface area contributed by atoms with Gasteiger partial charge >= 0.3 is 0 Å². The molecule has 86 valence electrons. The maximum Gasteiger partial charge on any atom is 0.136 e. The lowest BCUT2D eigenvalue weighted by molar-refractivity contribution is -0.119. The van der Waals surface area contributed by atoms with E-state index in [4.69, 9.17) is 4.74 Å². The molecule has 1 aromatic carbocycles. The molecule has 0 radical (unpaired) electrons. The molecule has 1 aliphatic rings. The van der Waals surface area contributed by atoms with Crippen LogP contribution in [0.5, 0.6) is 5.75 Å². The number of rotatable bonds is 5. The van der Waals surface area contributed by atoms with Crippen molar-refractivity contribution < 1.29 is 9.53 Å². The quantitative estimate of drug-likeness (QED) is 0.759. The number of hydrogen-bond donors (Lipinski definition) is 0. The SMILES string of the molecule is CCC(=O)CCOc1ccc2c(c1)CCC2. The molecule has 2 heteroatoms. The second-order valence-corrected chi connectivity index (χ2v) is 4.27.